The van der Waals surface area contributed by atoms with Gasteiger partial charge in [0.2, 0.25) is 0 Å². The van der Waals surface area contributed by atoms with Crippen LogP contribution in [-0.4, -0.2) is 42.2 Å². The maximum atomic E-state index is 9.37. The lowest BCUT2D eigenvalue weighted by molar-refractivity contribution is -0.140. The highest BCUT2D eigenvalue weighted by atomic mass is 16.6. The third kappa shape index (κ3) is 2.25. The molecule has 1 fully saturated rings. The maximum Gasteiger partial charge on any atom is 0.109 e. The van der Waals surface area contributed by atoms with E-state index in [1.165, 1.54) is 0 Å². The maximum absolute atomic E-state index is 9.37. The molecule has 4 unspecified atom stereocenters. The van der Waals surface area contributed by atoms with Gasteiger partial charge < -0.3 is 20.3 Å². The molecule has 4 atom stereocenters. The molecule has 4 nitrogen and oxygen atoms in total. The Balaban J connectivity index is 2.61. The largest absolute Gasteiger partial charge is 0.391 e. The van der Waals surface area contributed by atoms with Gasteiger partial charge in [0.25, 0.3) is 0 Å². The zero-order valence-electron chi connectivity index (χ0n) is 9.19. The SMILES string of the molecule is CC(O)C(C)OC1(CN)CCOC1C. The molecule has 0 amide bonds. The minimum atomic E-state index is -0.480. The van der Waals surface area contributed by atoms with Gasteiger partial charge in [0.15, 0.2) is 0 Å². The van der Waals surface area contributed by atoms with Crippen molar-refractivity contribution in [1.29, 1.82) is 0 Å². The van der Waals surface area contributed by atoms with Crippen molar-refractivity contribution in [2.75, 3.05) is 13.2 Å². The predicted octanol–water partition coefficient (Wildman–Crippen LogP) is 0.279. The zero-order valence-corrected chi connectivity index (χ0v) is 9.19. The summed E-state index contributed by atoms with van der Waals surface area (Å²) in [5.74, 6) is 0. The van der Waals surface area contributed by atoms with Crippen LogP contribution in [0.15, 0.2) is 0 Å². The first-order chi connectivity index (χ1) is 6.52. The summed E-state index contributed by atoms with van der Waals surface area (Å²) in [7, 11) is 0. The quantitative estimate of drug-likeness (QED) is 0.688. The van der Waals surface area contributed by atoms with Crippen molar-refractivity contribution in [2.45, 2.75) is 51.1 Å². The summed E-state index contributed by atoms with van der Waals surface area (Å²) in [6.07, 6.45) is 0.129. The number of ether oxygens (including phenoxy) is 2. The van der Waals surface area contributed by atoms with E-state index in [1.54, 1.807) is 6.92 Å². The van der Waals surface area contributed by atoms with Gasteiger partial charge in [0.05, 0.1) is 18.3 Å². The fourth-order valence-corrected chi connectivity index (χ4v) is 1.70. The molecule has 0 aromatic rings. The van der Waals surface area contributed by atoms with Gasteiger partial charge in [-0.1, -0.05) is 0 Å². The molecular weight excluding hydrogens is 182 g/mol. The Hall–Kier alpha value is -0.160. The lowest BCUT2D eigenvalue weighted by Gasteiger charge is -2.34. The number of aliphatic hydroxyl groups is 1. The lowest BCUT2D eigenvalue weighted by atomic mass is 9.96. The number of aliphatic hydroxyl groups excluding tert-OH is 1. The molecule has 3 N–H and O–H groups in total. The molecule has 0 saturated carbocycles. The van der Waals surface area contributed by atoms with Crippen LogP contribution < -0.4 is 5.73 Å². The normalized spacial score (nSPS) is 37.1. The highest BCUT2D eigenvalue weighted by Crippen LogP contribution is 2.30. The number of hydrogen-bond donors (Lipinski definition) is 2. The van der Waals surface area contributed by atoms with Gasteiger partial charge in [-0.15, -0.1) is 0 Å². The van der Waals surface area contributed by atoms with Crippen molar-refractivity contribution >= 4 is 0 Å². The number of hydrogen-bond acceptors (Lipinski definition) is 4. The lowest BCUT2D eigenvalue weighted by Crippen LogP contribution is -2.50. The summed E-state index contributed by atoms with van der Waals surface area (Å²) in [6.45, 7) is 6.66. The Morgan fingerprint density at radius 2 is 2.29 bits per heavy atom. The van der Waals surface area contributed by atoms with Crippen LogP contribution in [0.4, 0.5) is 0 Å². The van der Waals surface area contributed by atoms with Gasteiger partial charge in [-0.25, -0.2) is 0 Å². The van der Waals surface area contributed by atoms with Crippen molar-refractivity contribution in [3.8, 4) is 0 Å². The molecule has 1 aliphatic rings. The van der Waals surface area contributed by atoms with Crippen LogP contribution in [0.25, 0.3) is 0 Å². The van der Waals surface area contributed by atoms with Crippen LogP contribution in [-0.2, 0) is 9.47 Å². The van der Waals surface area contributed by atoms with E-state index in [-0.39, 0.29) is 12.2 Å². The molecule has 0 radical (unpaired) electrons. The highest BCUT2D eigenvalue weighted by molar-refractivity contribution is 4.93. The monoisotopic (exact) mass is 203 g/mol. The molecular formula is C10H21NO3. The second-order valence-electron chi connectivity index (χ2n) is 4.10. The van der Waals surface area contributed by atoms with Crippen LogP contribution in [0.2, 0.25) is 0 Å². The van der Waals surface area contributed by atoms with E-state index in [2.05, 4.69) is 0 Å². The Bertz CT molecular complexity index is 186. The van der Waals surface area contributed by atoms with Gasteiger partial charge in [-0.3, -0.25) is 0 Å². The Kier molecular flexibility index (Phi) is 3.89. The van der Waals surface area contributed by atoms with Crippen LogP contribution in [0, 0.1) is 0 Å². The van der Waals surface area contributed by atoms with Crippen LogP contribution in [0.5, 0.6) is 0 Å². The minimum absolute atomic E-state index is 0.00806. The van der Waals surface area contributed by atoms with E-state index in [0.717, 1.165) is 6.42 Å². The molecule has 4 heteroatoms. The molecule has 1 aliphatic heterocycles. The summed E-state index contributed by atoms with van der Waals surface area (Å²) in [6, 6.07) is 0. The molecule has 84 valence electrons. The fraction of sp³-hybridized carbons (Fsp3) is 1.00. The second kappa shape index (κ2) is 4.57. The minimum Gasteiger partial charge on any atom is -0.391 e. The van der Waals surface area contributed by atoms with Crippen LogP contribution in [0.3, 0.4) is 0 Å². The molecule has 1 saturated heterocycles. The summed E-state index contributed by atoms with van der Waals surface area (Å²) >= 11 is 0. The van der Waals surface area contributed by atoms with Gasteiger partial charge in [0, 0.05) is 19.6 Å². The Labute approximate surface area is 85.4 Å². The smallest absolute Gasteiger partial charge is 0.109 e. The van der Waals surface area contributed by atoms with E-state index in [4.69, 9.17) is 15.2 Å². The van der Waals surface area contributed by atoms with Crippen molar-refractivity contribution < 1.29 is 14.6 Å². The van der Waals surface area contributed by atoms with Gasteiger partial charge >= 0.3 is 0 Å². The second-order valence-corrected chi connectivity index (χ2v) is 4.10. The zero-order chi connectivity index (χ0) is 10.8. The van der Waals surface area contributed by atoms with Crippen molar-refractivity contribution in [2.24, 2.45) is 5.73 Å². The topological polar surface area (TPSA) is 64.7 Å². The summed E-state index contributed by atoms with van der Waals surface area (Å²) in [5.41, 5.74) is 5.31. The third-order valence-corrected chi connectivity index (χ3v) is 3.08. The highest BCUT2D eigenvalue weighted by Gasteiger charge is 2.43. The summed E-state index contributed by atoms with van der Waals surface area (Å²) in [4.78, 5) is 0. The molecule has 1 heterocycles. The van der Waals surface area contributed by atoms with E-state index in [1.807, 2.05) is 13.8 Å². The molecule has 1 rings (SSSR count). The Morgan fingerprint density at radius 3 is 2.64 bits per heavy atom. The molecule has 0 aromatic carbocycles. The molecule has 0 aliphatic carbocycles. The molecule has 0 aromatic heterocycles. The van der Waals surface area contributed by atoms with Crippen molar-refractivity contribution in [3.63, 3.8) is 0 Å². The van der Waals surface area contributed by atoms with Crippen molar-refractivity contribution in [1.82, 2.24) is 0 Å². The van der Waals surface area contributed by atoms with E-state index in [9.17, 15) is 5.11 Å². The van der Waals surface area contributed by atoms with E-state index in [0.29, 0.717) is 13.2 Å². The van der Waals surface area contributed by atoms with E-state index >= 15 is 0 Å². The molecule has 0 bridgehead atoms. The Morgan fingerprint density at radius 1 is 1.64 bits per heavy atom. The first kappa shape index (κ1) is 11.9. The summed E-state index contributed by atoms with van der Waals surface area (Å²) in [5, 5.41) is 9.37. The summed E-state index contributed by atoms with van der Waals surface area (Å²) < 4.78 is 11.3. The van der Waals surface area contributed by atoms with Gasteiger partial charge in [0.1, 0.15) is 5.60 Å². The van der Waals surface area contributed by atoms with E-state index < -0.39 is 11.7 Å². The standard InChI is InChI=1S/C10H21NO3/c1-7(12)8(2)14-10(6-11)4-5-13-9(10)3/h7-9,12H,4-6,11H2,1-3H3. The molecule has 14 heavy (non-hydrogen) atoms. The first-order valence-electron chi connectivity index (χ1n) is 5.19. The predicted molar refractivity (Wildman–Crippen MR) is 54.0 cm³/mol. The first-order valence-corrected chi connectivity index (χ1v) is 5.19. The number of rotatable bonds is 4. The molecule has 0 spiro atoms. The average molecular weight is 203 g/mol. The third-order valence-electron chi connectivity index (χ3n) is 3.08. The number of nitrogens with two attached hydrogens (primary N) is 1. The van der Waals surface area contributed by atoms with Crippen LogP contribution >= 0.6 is 0 Å². The van der Waals surface area contributed by atoms with Gasteiger partial charge in [-0.05, 0) is 20.8 Å². The van der Waals surface area contributed by atoms with Gasteiger partial charge in [-0.2, -0.15) is 0 Å². The average Bonchev–Trinajstić information content (AvgIpc) is 2.48. The van der Waals surface area contributed by atoms with Crippen molar-refractivity contribution in [3.05, 3.63) is 0 Å². The fourth-order valence-electron chi connectivity index (χ4n) is 1.70. The van der Waals surface area contributed by atoms with Crippen LogP contribution in [0.1, 0.15) is 27.2 Å².